The number of rotatable bonds is 2. The van der Waals surface area contributed by atoms with Gasteiger partial charge in [-0.25, -0.2) is 0 Å². The van der Waals surface area contributed by atoms with Gasteiger partial charge in [-0.2, -0.15) is 0 Å². The number of hydrogen-bond acceptors (Lipinski definition) is 2. The van der Waals surface area contributed by atoms with E-state index in [1.54, 1.807) is 6.92 Å². The highest BCUT2D eigenvalue weighted by molar-refractivity contribution is 8.04. The maximum Gasteiger partial charge on any atom is 0.0693 e. The lowest BCUT2D eigenvalue weighted by atomic mass is 10.2. The van der Waals surface area contributed by atoms with Crippen molar-refractivity contribution in [2.45, 2.75) is 18.4 Å². The van der Waals surface area contributed by atoms with Gasteiger partial charge in [0.2, 0.25) is 0 Å². The number of benzene rings is 1. The Morgan fingerprint density at radius 1 is 1.12 bits per heavy atom. The van der Waals surface area contributed by atoms with Gasteiger partial charge in [0, 0.05) is 4.90 Å². The molecule has 0 aliphatic rings. The van der Waals surface area contributed by atoms with E-state index in [0.29, 0.717) is 0 Å². The Hall–Kier alpha value is -1.79. The summed E-state index contributed by atoms with van der Waals surface area (Å²) in [6.45, 7) is 1.76. The Labute approximate surface area is 100 Å². The van der Waals surface area contributed by atoms with E-state index in [-0.39, 0.29) is 6.61 Å². The van der Waals surface area contributed by atoms with Crippen molar-refractivity contribution in [1.29, 1.82) is 0 Å². The zero-order chi connectivity index (χ0) is 11.6. The predicted molar refractivity (Wildman–Crippen MR) is 67.2 cm³/mol. The van der Waals surface area contributed by atoms with E-state index in [1.165, 1.54) is 11.8 Å². The van der Waals surface area contributed by atoms with Crippen LogP contribution in [0.15, 0.2) is 29.2 Å². The summed E-state index contributed by atoms with van der Waals surface area (Å²) in [5.41, 5.74) is 0.878. The molecule has 1 aromatic rings. The van der Waals surface area contributed by atoms with Gasteiger partial charge in [0.05, 0.1) is 6.61 Å². The summed E-state index contributed by atoms with van der Waals surface area (Å²) in [5, 5.41) is 11.9. The van der Waals surface area contributed by atoms with Crippen LogP contribution in [0.1, 0.15) is 12.5 Å². The Morgan fingerprint density at radius 2 is 1.88 bits per heavy atom. The smallest absolute Gasteiger partial charge is 0.0693 e. The van der Waals surface area contributed by atoms with Crippen molar-refractivity contribution in [3.8, 4) is 34.9 Å². The molecule has 0 amide bonds. The fourth-order valence-electron chi connectivity index (χ4n) is 0.965. The maximum atomic E-state index is 9.08. The van der Waals surface area contributed by atoms with Crippen molar-refractivity contribution in [2.75, 3.05) is 0 Å². The van der Waals surface area contributed by atoms with Crippen LogP contribution >= 0.6 is 11.8 Å². The molecule has 1 aromatic carbocycles. The molecule has 0 aromatic heterocycles. The van der Waals surface area contributed by atoms with Crippen LogP contribution < -0.4 is 0 Å². The number of hydrogen-bond donors (Lipinski definition) is 1. The average molecular weight is 226 g/mol. The molecular weight excluding hydrogens is 216 g/mol. The lowest BCUT2D eigenvalue weighted by Crippen LogP contribution is -1.84. The standard InChI is InChI=1S/C14H10OS/c1-2-3-4-5-8-11-16-14-10-7-6-9-13(14)12-15/h6-7,9-10,15H,12H2,1H3. The van der Waals surface area contributed by atoms with E-state index < -0.39 is 0 Å². The highest BCUT2D eigenvalue weighted by Crippen LogP contribution is 2.21. The van der Waals surface area contributed by atoms with E-state index in [0.717, 1.165) is 10.5 Å². The molecule has 0 bridgehead atoms. The van der Waals surface area contributed by atoms with Gasteiger partial charge in [-0.1, -0.05) is 24.1 Å². The van der Waals surface area contributed by atoms with Gasteiger partial charge in [-0.15, -0.1) is 0 Å². The first kappa shape index (κ1) is 12.3. The van der Waals surface area contributed by atoms with Crippen LogP contribution in [-0.2, 0) is 6.61 Å². The predicted octanol–water partition coefficient (Wildman–Crippen LogP) is 2.26. The summed E-state index contributed by atoms with van der Waals surface area (Å²) in [7, 11) is 0. The quantitative estimate of drug-likeness (QED) is 0.616. The number of aliphatic hydroxyl groups is 1. The van der Waals surface area contributed by atoms with Crippen molar-refractivity contribution >= 4 is 11.8 Å². The molecule has 0 heterocycles. The van der Waals surface area contributed by atoms with Crippen LogP contribution in [0, 0.1) is 34.9 Å². The molecule has 2 heteroatoms. The highest BCUT2D eigenvalue weighted by atomic mass is 32.2. The molecule has 1 rings (SSSR count). The zero-order valence-electron chi connectivity index (χ0n) is 8.87. The molecule has 0 fully saturated rings. The Bertz CT molecular complexity index is 527. The van der Waals surface area contributed by atoms with Crippen LogP contribution in [0.5, 0.6) is 0 Å². The molecule has 1 N–H and O–H groups in total. The van der Waals surface area contributed by atoms with E-state index in [1.807, 2.05) is 24.3 Å². The monoisotopic (exact) mass is 226 g/mol. The summed E-state index contributed by atoms with van der Waals surface area (Å²) >= 11 is 1.36. The first-order chi connectivity index (χ1) is 7.88. The first-order valence-electron chi connectivity index (χ1n) is 4.66. The third kappa shape index (κ3) is 4.16. The van der Waals surface area contributed by atoms with E-state index >= 15 is 0 Å². The Balaban J connectivity index is 2.67. The Morgan fingerprint density at radius 3 is 2.62 bits per heavy atom. The second-order valence-electron chi connectivity index (χ2n) is 2.72. The molecule has 78 valence electrons. The summed E-state index contributed by atoms with van der Waals surface area (Å²) < 4.78 is 0. The maximum absolute atomic E-state index is 9.08. The van der Waals surface area contributed by atoms with Crippen molar-refractivity contribution in [3.05, 3.63) is 29.8 Å². The fraction of sp³-hybridized carbons (Fsp3) is 0.143. The third-order valence-corrected chi connectivity index (χ3v) is 2.49. The van der Waals surface area contributed by atoms with E-state index in [2.05, 4.69) is 34.9 Å². The summed E-state index contributed by atoms with van der Waals surface area (Å²) in [4.78, 5) is 0.959. The van der Waals surface area contributed by atoms with Crippen LogP contribution in [0.4, 0.5) is 0 Å². The van der Waals surface area contributed by atoms with Gasteiger partial charge in [0.15, 0.2) is 0 Å². The van der Waals surface area contributed by atoms with Gasteiger partial charge in [-0.3, -0.25) is 0 Å². The topological polar surface area (TPSA) is 20.2 Å². The van der Waals surface area contributed by atoms with Crippen LogP contribution in [0.2, 0.25) is 0 Å². The molecular formula is C14H10OS. The number of thioether (sulfide) groups is 1. The number of aliphatic hydroxyl groups excluding tert-OH is 1. The van der Waals surface area contributed by atoms with Crippen LogP contribution in [-0.4, -0.2) is 5.11 Å². The van der Waals surface area contributed by atoms with Crippen LogP contribution in [0.3, 0.4) is 0 Å². The first-order valence-corrected chi connectivity index (χ1v) is 5.47. The van der Waals surface area contributed by atoms with Crippen molar-refractivity contribution < 1.29 is 5.11 Å². The summed E-state index contributed by atoms with van der Waals surface area (Å²) in [5.74, 6) is 13.2. The Kier molecular flexibility index (Phi) is 5.75. The van der Waals surface area contributed by atoms with Gasteiger partial charge in [0.1, 0.15) is 0 Å². The average Bonchev–Trinajstić information content (AvgIpc) is 2.34. The SMILES string of the molecule is CC#CC#CC#CSc1ccccc1CO. The minimum atomic E-state index is 0.0256. The van der Waals surface area contributed by atoms with Crippen LogP contribution in [0.25, 0.3) is 0 Å². The van der Waals surface area contributed by atoms with Gasteiger partial charge >= 0.3 is 0 Å². The second kappa shape index (κ2) is 7.49. The molecule has 0 saturated heterocycles. The van der Waals surface area contributed by atoms with Gasteiger partial charge < -0.3 is 5.11 Å². The largest absolute Gasteiger partial charge is 0.392 e. The molecule has 0 aliphatic carbocycles. The molecule has 0 unspecified atom stereocenters. The molecule has 1 nitrogen and oxygen atoms in total. The molecule has 0 aliphatic heterocycles. The highest BCUT2D eigenvalue weighted by Gasteiger charge is 1.97. The molecule has 16 heavy (non-hydrogen) atoms. The van der Waals surface area contributed by atoms with Gasteiger partial charge in [-0.05, 0) is 59.2 Å². The normalized spacial score (nSPS) is 7.62. The molecule has 0 radical (unpaired) electrons. The van der Waals surface area contributed by atoms with E-state index in [9.17, 15) is 0 Å². The minimum absolute atomic E-state index is 0.0256. The molecule has 0 spiro atoms. The molecule has 0 atom stereocenters. The van der Waals surface area contributed by atoms with Crippen molar-refractivity contribution in [3.63, 3.8) is 0 Å². The second-order valence-corrected chi connectivity index (χ2v) is 3.57. The fourth-order valence-corrected chi connectivity index (χ4v) is 1.59. The lowest BCUT2D eigenvalue weighted by Gasteiger charge is -2.00. The third-order valence-electron chi connectivity index (χ3n) is 1.67. The van der Waals surface area contributed by atoms with Gasteiger partial charge in [0.25, 0.3) is 0 Å². The summed E-state index contributed by atoms with van der Waals surface area (Å²) in [6.07, 6.45) is 0. The lowest BCUT2D eigenvalue weighted by molar-refractivity contribution is 0.279. The molecule has 0 saturated carbocycles. The summed E-state index contributed by atoms with van der Waals surface area (Å²) in [6, 6.07) is 7.60. The van der Waals surface area contributed by atoms with Crippen molar-refractivity contribution in [1.82, 2.24) is 0 Å². The van der Waals surface area contributed by atoms with E-state index in [4.69, 9.17) is 5.11 Å². The minimum Gasteiger partial charge on any atom is -0.392 e. The zero-order valence-corrected chi connectivity index (χ0v) is 9.69. The van der Waals surface area contributed by atoms with Crippen molar-refractivity contribution in [2.24, 2.45) is 0 Å².